The Balaban J connectivity index is 2.11. The second kappa shape index (κ2) is 8.39. The van der Waals surface area contributed by atoms with Crippen molar-refractivity contribution in [2.45, 2.75) is 13.5 Å². The fraction of sp³-hybridized carbons (Fsp3) is 0.222. The summed E-state index contributed by atoms with van der Waals surface area (Å²) in [5.41, 5.74) is 1.96. The summed E-state index contributed by atoms with van der Waals surface area (Å²) in [6.45, 7) is 1.82. The van der Waals surface area contributed by atoms with E-state index in [1.54, 1.807) is 31.3 Å². The van der Waals surface area contributed by atoms with Crippen molar-refractivity contribution in [1.82, 2.24) is 4.90 Å². The molecule has 3 amide bonds. The SMILES string of the molecule is COc1ccc(NC(C)=O)cc1NC(=O)N(C)Cc1cccc(Cl)c1. The van der Waals surface area contributed by atoms with Crippen LogP contribution in [0.3, 0.4) is 0 Å². The Bertz CT molecular complexity index is 780. The van der Waals surface area contributed by atoms with Gasteiger partial charge in [0.1, 0.15) is 5.75 Å². The van der Waals surface area contributed by atoms with Crippen LogP contribution in [0.4, 0.5) is 16.2 Å². The normalized spacial score (nSPS) is 10.1. The zero-order chi connectivity index (χ0) is 18.4. The molecule has 0 bridgehead atoms. The molecule has 0 spiro atoms. The van der Waals surface area contributed by atoms with Crippen molar-refractivity contribution in [1.29, 1.82) is 0 Å². The van der Waals surface area contributed by atoms with E-state index in [9.17, 15) is 9.59 Å². The average Bonchev–Trinajstić information content (AvgIpc) is 2.54. The molecule has 2 rings (SSSR count). The maximum Gasteiger partial charge on any atom is 0.321 e. The van der Waals surface area contributed by atoms with Crippen LogP contribution in [0.1, 0.15) is 12.5 Å². The van der Waals surface area contributed by atoms with E-state index in [0.29, 0.717) is 28.7 Å². The molecule has 2 N–H and O–H groups in total. The molecule has 0 saturated carbocycles. The molecule has 25 heavy (non-hydrogen) atoms. The van der Waals surface area contributed by atoms with Crippen LogP contribution in [-0.4, -0.2) is 31.0 Å². The lowest BCUT2D eigenvalue weighted by atomic mass is 10.2. The van der Waals surface area contributed by atoms with Crippen LogP contribution < -0.4 is 15.4 Å². The number of benzene rings is 2. The molecule has 0 saturated heterocycles. The van der Waals surface area contributed by atoms with Crippen molar-refractivity contribution < 1.29 is 14.3 Å². The molecule has 6 nitrogen and oxygen atoms in total. The van der Waals surface area contributed by atoms with Gasteiger partial charge in [0.15, 0.2) is 0 Å². The molecule has 0 unspecified atom stereocenters. The monoisotopic (exact) mass is 361 g/mol. The number of rotatable bonds is 5. The lowest BCUT2D eigenvalue weighted by Gasteiger charge is -2.19. The van der Waals surface area contributed by atoms with Gasteiger partial charge in [-0.15, -0.1) is 0 Å². The summed E-state index contributed by atoms with van der Waals surface area (Å²) in [6, 6.07) is 12.0. The first kappa shape index (κ1) is 18.6. The van der Waals surface area contributed by atoms with E-state index in [1.807, 2.05) is 18.2 Å². The van der Waals surface area contributed by atoms with Crippen LogP contribution in [-0.2, 0) is 11.3 Å². The number of halogens is 1. The lowest BCUT2D eigenvalue weighted by molar-refractivity contribution is -0.114. The zero-order valence-corrected chi connectivity index (χ0v) is 15.1. The molecule has 0 aromatic heterocycles. The molecule has 2 aromatic rings. The van der Waals surface area contributed by atoms with E-state index in [2.05, 4.69) is 10.6 Å². The van der Waals surface area contributed by atoms with Crippen LogP contribution in [0.5, 0.6) is 5.75 Å². The third-order valence-electron chi connectivity index (χ3n) is 3.42. The van der Waals surface area contributed by atoms with Crippen LogP contribution in [0.2, 0.25) is 5.02 Å². The van der Waals surface area contributed by atoms with Gasteiger partial charge in [0.2, 0.25) is 5.91 Å². The summed E-state index contributed by atoms with van der Waals surface area (Å²) in [6.07, 6.45) is 0. The first-order valence-corrected chi connectivity index (χ1v) is 7.99. The smallest absolute Gasteiger partial charge is 0.321 e. The van der Waals surface area contributed by atoms with Crippen molar-refractivity contribution >= 4 is 34.9 Å². The van der Waals surface area contributed by atoms with Crippen LogP contribution in [0, 0.1) is 0 Å². The van der Waals surface area contributed by atoms with E-state index in [1.165, 1.54) is 18.9 Å². The van der Waals surface area contributed by atoms with Crippen LogP contribution in [0.15, 0.2) is 42.5 Å². The summed E-state index contributed by atoms with van der Waals surface area (Å²) in [5.74, 6) is 0.305. The summed E-state index contributed by atoms with van der Waals surface area (Å²) < 4.78 is 5.26. The third kappa shape index (κ3) is 5.39. The first-order chi connectivity index (χ1) is 11.9. The van der Waals surface area contributed by atoms with E-state index in [-0.39, 0.29) is 11.9 Å². The molecule has 132 valence electrons. The Morgan fingerprint density at radius 3 is 2.56 bits per heavy atom. The van der Waals surface area contributed by atoms with Gasteiger partial charge < -0.3 is 20.3 Å². The summed E-state index contributed by atoms with van der Waals surface area (Å²) >= 11 is 5.97. The number of anilines is 2. The fourth-order valence-corrected chi connectivity index (χ4v) is 2.49. The van der Waals surface area contributed by atoms with Crippen molar-refractivity contribution in [2.75, 3.05) is 24.8 Å². The van der Waals surface area contributed by atoms with Crippen LogP contribution in [0.25, 0.3) is 0 Å². The van der Waals surface area contributed by atoms with E-state index in [4.69, 9.17) is 16.3 Å². The number of hydrogen-bond acceptors (Lipinski definition) is 3. The van der Waals surface area contributed by atoms with Gasteiger partial charge in [0, 0.05) is 31.2 Å². The van der Waals surface area contributed by atoms with E-state index >= 15 is 0 Å². The minimum absolute atomic E-state index is 0.194. The number of hydrogen-bond donors (Lipinski definition) is 2. The Hall–Kier alpha value is -2.73. The van der Waals surface area contributed by atoms with Gasteiger partial charge >= 0.3 is 6.03 Å². The largest absolute Gasteiger partial charge is 0.495 e. The number of carbonyl (C=O) groups excluding carboxylic acids is 2. The first-order valence-electron chi connectivity index (χ1n) is 7.61. The molecule has 0 aliphatic rings. The Kier molecular flexibility index (Phi) is 6.25. The number of methoxy groups -OCH3 is 1. The third-order valence-corrected chi connectivity index (χ3v) is 3.65. The lowest BCUT2D eigenvalue weighted by Crippen LogP contribution is -2.31. The Morgan fingerprint density at radius 1 is 1.16 bits per heavy atom. The van der Waals surface area contributed by atoms with Gasteiger partial charge in [0.25, 0.3) is 0 Å². The maximum absolute atomic E-state index is 12.4. The number of amides is 3. The highest BCUT2D eigenvalue weighted by Crippen LogP contribution is 2.28. The van der Waals surface area contributed by atoms with Gasteiger partial charge in [-0.2, -0.15) is 0 Å². The van der Waals surface area contributed by atoms with Crippen molar-refractivity contribution in [3.63, 3.8) is 0 Å². The number of urea groups is 1. The minimum Gasteiger partial charge on any atom is -0.495 e. The van der Waals surface area contributed by atoms with Crippen molar-refractivity contribution in [3.8, 4) is 5.75 Å². The predicted octanol–water partition coefficient (Wildman–Crippen LogP) is 3.97. The second-order valence-electron chi connectivity index (χ2n) is 5.51. The molecule has 0 atom stereocenters. The number of nitrogens with zero attached hydrogens (tertiary/aromatic N) is 1. The highest BCUT2D eigenvalue weighted by Gasteiger charge is 2.13. The summed E-state index contributed by atoms with van der Waals surface area (Å²) in [5, 5.41) is 6.08. The van der Waals surface area contributed by atoms with Crippen molar-refractivity contribution in [2.24, 2.45) is 0 Å². The van der Waals surface area contributed by atoms with Crippen molar-refractivity contribution in [3.05, 3.63) is 53.1 Å². The number of carbonyl (C=O) groups is 2. The highest BCUT2D eigenvalue weighted by atomic mass is 35.5. The summed E-state index contributed by atoms with van der Waals surface area (Å²) in [4.78, 5) is 25.2. The van der Waals surface area contributed by atoms with Gasteiger partial charge in [0.05, 0.1) is 12.8 Å². The molecule has 0 aliphatic heterocycles. The van der Waals surface area contributed by atoms with E-state index < -0.39 is 0 Å². The van der Waals surface area contributed by atoms with Gasteiger partial charge in [-0.05, 0) is 35.9 Å². The van der Waals surface area contributed by atoms with Crippen LogP contribution >= 0.6 is 11.6 Å². The quantitative estimate of drug-likeness (QED) is 0.846. The number of nitrogens with one attached hydrogen (secondary N) is 2. The Morgan fingerprint density at radius 2 is 1.92 bits per heavy atom. The molecule has 0 aliphatic carbocycles. The summed E-state index contributed by atoms with van der Waals surface area (Å²) in [7, 11) is 3.19. The highest BCUT2D eigenvalue weighted by molar-refractivity contribution is 6.30. The standard InChI is InChI=1S/C18H20ClN3O3/c1-12(23)20-15-7-8-17(25-3)16(10-15)21-18(24)22(2)11-13-5-4-6-14(19)9-13/h4-10H,11H2,1-3H3,(H,20,23)(H,21,24). The zero-order valence-electron chi connectivity index (χ0n) is 14.3. The Labute approximate surface area is 151 Å². The fourth-order valence-electron chi connectivity index (χ4n) is 2.28. The molecule has 0 fully saturated rings. The predicted molar refractivity (Wildman–Crippen MR) is 99.2 cm³/mol. The average molecular weight is 362 g/mol. The number of ether oxygens (including phenoxy) is 1. The molecular formula is C18H20ClN3O3. The molecule has 2 aromatic carbocycles. The molecule has 0 radical (unpaired) electrons. The van der Waals surface area contributed by atoms with E-state index in [0.717, 1.165) is 5.56 Å². The van der Waals surface area contributed by atoms with Gasteiger partial charge in [-0.25, -0.2) is 4.79 Å². The minimum atomic E-state index is -0.307. The molecular weight excluding hydrogens is 342 g/mol. The van der Waals surface area contributed by atoms with Gasteiger partial charge in [-0.1, -0.05) is 23.7 Å². The molecule has 0 heterocycles. The van der Waals surface area contributed by atoms with Gasteiger partial charge in [-0.3, -0.25) is 4.79 Å². The second-order valence-corrected chi connectivity index (χ2v) is 5.95. The molecule has 7 heteroatoms. The maximum atomic E-state index is 12.4. The topological polar surface area (TPSA) is 70.7 Å².